The van der Waals surface area contributed by atoms with Crippen LogP contribution in [0.4, 0.5) is 0 Å². The summed E-state index contributed by atoms with van der Waals surface area (Å²) in [6, 6.07) is 0. The fraction of sp³-hybridized carbons (Fsp3) is 0. The monoisotopic (exact) mass is 385 g/mol. The molecule has 0 amide bonds. The van der Waals surface area contributed by atoms with E-state index in [0.29, 0.717) is 0 Å². The third-order valence-corrected chi connectivity index (χ3v) is 0. The summed E-state index contributed by atoms with van der Waals surface area (Å²) in [4.78, 5) is 16.0. The topological polar surface area (TPSA) is 185 Å². The van der Waals surface area contributed by atoms with Gasteiger partial charge in [0.05, 0.1) is 0 Å². The molecule has 0 aliphatic rings. The molecule has 0 aromatic heterocycles. The van der Waals surface area contributed by atoms with Crippen LogP contribution < -0.4 is 0 Å². The largest absolute Gasteiger partial charge is 1.00 e. The van der Waals surface area contributed by atoms with Crippen LogP contribution in [0.1, 0.15) is 2.85 Å². The van der Waals surface area contributed by atoms with Crippen molar-refractivity contribution >= 4 is 10.4 Å². The Labute approximate surface area is 83.3 Å². The minimum absolute atomic E-state index is 0. The van der Waals surface area contributed by atoms with Gasteiger partial charge in [-0.1, -0.05) is 0 Å². The molecule has 0 rings (SSSR count). The first kappa shape index (κ1) is 22.5. The Kier molecular flexibility index (Phi) is 31.4. The van der Waals surface area contributed by atoms with Crippen LogP contribution in [0.2, 0.25) is 0 Å². The molecule has 12 heteroatoms. The van der Waals surface area contributed by atoms with Gasteiger partial charge in [0.1, 0.15) is 0 Å². The Morgan fingerprint density at radius 3 is 1.00 bits per heavy atom. The second-order valence-corrected chi connectivity index (χ2v) is 1.37. The second kappa shape index (κ2) is 16.8. The quantitative estimate of drug-likeness (QED) is 0.228. The molecule has 78 valence electrons. The average molecular weight is 385 g/mol. The van der Waals surface area contributed by atoms with Crippen molar-refractivity contribution in [1.82, 2.24) is 0 Å². The molecule has 0 aliphatic carbocycles. The van der Waals surface area contributed by atoms with Crippen LogP contribution in [0.3, 0.4) is 0 Å². The van der Waals surface area contributed by atoms with E-state index in [1.54, 1.807) is 0 Å². The summed E-state index contributed by atoms with van der Waals surface area (Å²) in [5.74, 6) is 0. The zero-order chi connectivity index (χ0) is 9.91. The van der Waals surface area contributed by atoms with Gasteiger partial charge in [-0.3, -0.25) is 8.42 Å². The third-order valence-electron chi connectivity index (χ3n) is 0. The van der Waals surface area contributed by atoms with Crippen LogP contribution in [0, 0.1) is 20.2 Å². The summed E-state index contributed by atoms with van der Waals surface area (Å²) in [5, 5.41) is 18.0. The molecule has 0 aromatic carbocycles. The molecule has 0 saturated heterocycles. The third kappa shape index (κ3) is 1590. The molecule has 0 N–H and O–H groups in total. The molecule has 0 saturated carbocycles. The zero-order valence-electron chi connectivity index (χ0n) is 6.88. The molecule has 0 aromatic rings. The van der Waals surface area contributed by atoms with Crippen LogP contribution in [0.25, 0.3) is 0 Å². The van der Waals surface area contributed by atoms with Gasteiger partial charge < -0.3 is 29.3 Å². The Balaban J connectivity index is -0.0000000162. The first-order chi connectivity index (χ1) is 4.83. The van der Waals surface area contributed by atoms with Crippen molar-refractivity contribution in [1.29, 1.82) is 0 Å². The van der Waals surface area contributed by atoms with E-state index in [1.807, 2.05) is 0 Å². The summed E-state index contributed by atoms with van der Waals surface area (Å²) in [5.41, 5.74) is 0. The SMILES string of the molecule is O=N[O-].O=N[O-].O=S(=O)([O-])[O-].[H+].[H+].[Pt]. The van der Waals surface area contributed by atoms with E-state index in [0.717, 1.165) is 10.7 Å². The van der Waals surface area contributed by atoms with E-state index in [-0.39, 0.29) is 23.9 Å². The maximum absolute atomic E-state index is 8.52. The first-order valence-corrected chi connectivity index (χ1v) is 2.73. The average Bonchev–Trinajstić information content (AvgIpc) is 1.62. The molecule has 0 heterocycles. The molecule has 0 aliphatic heterocycles. The van der Waals surface area contributed by atoms with E-state index < -0.39 is 10.4 Å². The molecular weight excluding hydrogens is 383 g/mol. The van der Waals surface area contributed by atoms with Gasteiger partial charge in [-0.2, -0.15) is 0 Å². The van der Waals surface area contributed by atoms with Crippen LogP contribution in [-0.2, 0) is 31.5 Å². The number of rotatable bonds is 0. The second-order valence-electron chi connectivity index (χ2n) is 0.557. The molecule has 0 fully saturated rings. The van der Waals surface area contributed by atoms with E-state index in [1.165, 1.54) is 0 Å². The molecule has 0 atom stereocenters. The molecular formula is H2N2O8PtS-2. The van der Waals surface area contributed by atoms with Crippen LogP contribution in [0.15, 0.2) is 10.7 Å². The summed E-state index contributed by atoms with van der Waals surface area (Å²) in [6.45, 7) is 0. The standard InChI is InChI=1S/2HNO2.H2O4S.Pt/c2*2-1-3;1-5(2,3)4;/h2*(H,2,3);(H2,1,2,3,4);/p-2. The summed E-state index contributed by atoms with van der Waals surface area (Å²) < 4.78 is 34.1. The van der Waals surface area contributed by atoms with E-state index >= 15 is 0 Å². The molecule has 0 spiro atoms. The predicted octanol–water partition coefficient (Wildman–Crippen LogP) is -0.614. The van der Waals surface area contributed by atoms with Gasteiger partial charge in [0.25, 0.3) is 0 Å². The number of hydrogen-bond donors (Lipinski definition) is 0. The summed E-state index contributed by atoms with van der Waals surface area (Å²) in [6.07, 6.45) is 0. The van der Waals surface area contributed by atoms with E-state index in [2.05, 4.69) is 0 Å². The molecule has 0 radical (unpaired) electrons. The van der Waals surface area contributed by atoms with Crippen molar-refractivity contribution in [2.24, 2.45) is 10.7 Å². The van der Waals surface area contributed by atoms with Gasteiger partial charge in [-0.05, 0) is 0 Å². The minimum Gasteiger partial charge on any atom is -0.759 e. The van der Waals surface area contributed by atoms with Gasteiger partial charge in [-0.15, -0.1) is 10.7 Å². The smallest absolute Gasteiger partial charge is 0.759 e. The van der Waals surface area contributed by atoms with Gasteiger partial charge >= 0.3 is 2.85 Å². The summed E-state index contributed by atoms with van der Waals surface area (Å²) >= 11 is 0. The predicted molar refractivity (Wildman–Crippen MR) is 31.0 cm³/mol. The number of hydrogen-bond acceptors (Lipinski definition) is 10. The Bertz CT molecular complexity index is 166. The van der Waals surface area contributed by atoms with Gasteiger partial charge in [0, 0.05) is 31.5 Å². The zero-order valence-corrected chi connectivity index (χ0v) is 7.97. The van der Waals surface area contributed by atoms with Crippen molar-refractivity contribution in [2.75, 3.05) is 0 Å². The maximum Gasteiger partial charge on any atom is 1.00 e. The van der Waals surface area contributed by atoms with Gasteiger partial charge in [0.15, 0.2) is 0 Å². The number of nitrogens with zero attached hydrogens (tertiary/aromatic N) is 2. The van der Waals surface area contributed by atoms with Crippen molar-refractivity contribution in [2.45, 2.75) is 0 Å². The normalized spacial score (nSPS) is 6.83. The van der Waals surface area contributed by atoms with E-state index in [4.69, 9.17) is 37.8 Å². The molecule has 10 nitrogen and oxygen atoms in total. The Hall–Kier alpha value is -0.642. The van der Waals surface area contributed by atoms with Gasteiger partial charge in [-0.25, -0.2) is 0 Å². The molecule has 12 heavy (non-hydrogen) atoms. The first-order valence-electron chi connectivity index (χ1n) is 1.40. The van der Waals surface area contributed by atoms with Gasteiger partial charge in [0.2, 0.25) is 0 Å². The fourth-order valence-corrected chi connectivity index (χ4v) is 0. The Morgan fingerprint density at radius 2 is 1.00 bits per heavy atom. The van der Waals surface area contributed by atoms with Crippen molar-refractivity contribution in [3.63, 3.8) is 0 Å². The van der Waals surface area contributed by atoms with Crippen molar-refractivity contribution < 1.29 is 41.4 Å². The van der Waals surface area contributed by atoms with Crippen LogP contribution in [0.5, 0.6) is 0 Å². The fourth-order valence-electron chi connectivity index (χ4n) is 0. The summed E-state index contributed by atoms with van der Waals surface area (Å²) in [7, 11) is -5.17. The Morgan fingerprint density at radius 1 is 1.00 bits per heavy atom. The van der Waals surface area contributed by atoms with E-state index in [9.17, 15) is 0 Å². The molecule has 0 unspecified atom stereocenters. The van der Waals surface area contributed by atoms with Crippen molar-refractivity contribution in [3.8, 4) is 0 Å². The minimum atomic E-state index is -5.17. The van der Waals surface area contributed by atoms with Crippen molar-refractivity contribution in [3.05, 3.63) is 20.2 Å². The molecule has 0 bridgehead atoms. The van der Waals surface area contributed by atoms with Crippen LogP contribution in [-0.4, -0.2) is 17.5 Å². The maximum atomic E-state index is 8.52. The van der Waals surface area contributed by atoms with Crippen LogP contribution >= 0.6 is 0 Å².